The number of rotatable bonds is 8. The minimum absolute atomic E-state index is 0.0543. The van der Waals surface area contributed by atoms with E-state index in [4.69, 9.17) is 0 Å². The Morgan fingerprint density at radius 2 is 1.89 bits per heavy atom. The number of carbonyl (C=O) groups excluding carboxylic acids is 1. The number of fused-ring (bicyclic) bond motifs is 2. The number of nitrogens with zero attached hydrogens (tertiary/aromatic N) is 6. The highest BCUT2D eigenvalue weighted by molar-refractivity contribution is 7.89. The largest absolute Gasteiger partial charge is 0.427 e. The summed E-state index contributed by atoms with van der Waals surface area (Å²) in [7, 11) is -3.04. The van der Waals surface area contributed by atoms with Crippen LogP contribution in [0.25, 0.3) is 11.8 Å². The van der Waals surface area contributed by atoms with Crippen LogP contribution in [0.15, 0.2) is 59.5 Å². The van der Waals surface area contributed by atoms with E-state index in [9.17, 15) is 39.6 Å². The monoisotopic (exact) mass is 670 g/mol. The second kappa shape index (κ2) is 11.2. The van der Waals surface area contributed by atoms with Crippen molar-refractivity contribution >= 4 is 33.2 Å². The van der Waals surface area contributed by atoms with Gasteiger partial charge >= 0.3 is 6.18 Å². The van der Waals surface area contributed by atoms with Crippen molar-refractivity contribution in [3.63, 3.8) is 0 Å². The molecule has 4 aromatic rings. The number of sulfonamides is 1. The first-order valence-electron chi connectivity index (χ1n) is 13.6. The molecule has 6 rings (SSSR count). The molecule has 0 bridgehead atoms. The van der Waals surface area contributed by atoms with Crippen LogP contribution in [0, 0.1) is 11.2 Å². The third-order valence-electron chi connectivity index (χ3n) is 8.13. The molecule has 0 aliphatic heterocycles. The zero-order valence-electron chi connectivity index (χ0n) is 23.4. The van der Waals surface area contributed by atoms with Crippen molar-refractivity contribution in [3.8, 4) is 5.69 Å². The van der Waals surface area contributed by atoms with E-state index < -0.39 is 62.1 Å². The summed E-state index contributed by atoms with van der Waals surface area (Å²) < 4.78 is 112. The van der Waals surface area contributed by atoms with Gasteiger partial charge < -0.3 is 0 Å². The number of thiazole rings is 1. The van der Waals surface area contributed by atoms with Gasteiger partial charge in [-0.05, 0) is 61.6 Å². The summed E-state index contributed by atoms with van der Waals surface area (Å²) in [6.45, 7) is -1.16. The van der Waals surface area contributed by atoms with E-state index in [2.05, 4.69) is 15.2 Å². The second-order valence-electron chi connectivity index (χ2n) is 10.9. The first-order chi connectivity index (χ1) is 21.2. The average Bonchev–Trinajstić information content (AvgIpc) is 3.74. The van der Waals surface area contributed by atoms with Gasteiger partial charge in [-0.15, -0.1) is 11.3 Å². The smallest absolute Gasteiger partial charge is 0.290 e. The Labute approximate surface area is 256 Å². The molecule has 1 aromatic carbocycles. The number of hydrogen-bond acceptors (Lipinski definition) is 7. The lowest BCUT2D eigenvalue weighted by Gasteiger charge is -2.46. The Balaban J connectivity index is 1.45. The Bertz CT molecular complexity index is 1900. The number of alkyl halides is 5. The van der Waals surface area contributed by atoms with E-state index in [1.165, 1.54) is 53.1 Å². The highest BCUT2D eigenvalue weighted by Crippen LogP contribution is 2.52. The van der Waals surface area contributed by atoms with Crippen LogP contribution in [0.5, 0.6) is 0 Å². The van der Waals surface area contributed by atoms with Crippen LogP contribution in [0.1, 0.15) is 45.2 Å². The maximum atomic E-state index is 14.3. The molecular weight excluding hydrogens is 646 g/mol. The molecule has 0 amide bonds. The minimum atomic E-state index is -4.75. The number of ketones is 1. The predicted molar refractivity (Wildman–Crippen MR) is 150 cm³/mol. The van der Waals surface area contributed by atoms with Crippen molar-refractivity contribution in [1.29, 1.82) is 0 Å². The van der Waals surface area contributed by atoms with Crippen LogP contribution < -0.4 is 0 Å². The normalized spacial score (nSPS) is 20.3. The van der Waals surface area contributed by atoms with Gasteiger partial charge in [0.05, 0.1) is 41.9 Å². The Morgan fingerprint density at radius 3 is 2.51 bits per heavy atom. The summed E-state index contributed by atoms with van der Waals surface area (Å²) in [6, 6.07) is 4.40. The Hall–Kier alpha value is -3.83. The van der Waals surface area contributed by atoms with Crippen LogP contribution in [0.3, 0.4) is 0 Å². The van der Waals surface area contributed by atoms with Gasteiger partial charge in [-0.2, -0.15) is 27.7 Å². The van der Waals surface area contributed by atoms with E-state index in [1.807, 2.05) is 0 Å². The van der Waals surface area contributed by atoms with Crippen LogP contribution in [0.4, 0.5) is 26.3 Å². The Kier molecular flexibility index (Phi) is 7.76. The summed E-state index contributed by atoms with van der Waals surface area (Å²) in [5, 5.41) is 7.81. The van der Waals surface area contributed by atoms with E-state index >= 15 is 0 Å². The van der Waals surface area contributed by atoms with Crippen LogP contribution in [-0.4, -0.2) is 62.1 Å². The number of Topliss-reactive ketones (excluding diaryl/α,β-unsaturated/α-hetero) is 1. The van der Waals surface area contributed by atoms with Gasteiger partial charge in [-0.3, -0.25) is 9.48 Å². The molecule has 0 unspecified atom stereocenters. The van der Waals surface area contributed by atoms with Crippen molar-refractivity contribution in [3.05, 3.63) is 81.6 Å². The minimum Gasteiger partial charge on any atom is -0.290 e. The lowest BCUT2D eigenvalue weighted by atomic mass is 9.61. The fraction of sp³-hybridized carbons (Fsp3) is 0.357. The number of aromatic nitrogens is 5. The first-order valence-corrected chi connectivity index (χ1v) is 15.8. The van der Waals surface area contributed by atoms with Gasteiger partial charge in [0.25, 0.3) is 6.43 Å². The molecule has 3 aromatic heterocycles. The fourth-order valence-electron chi connectivity index (χ4n) is 6.08. The highest BCUT2D eigenvalue weighted by atomic mass is 32.2. The zero-order valence-corrected chi connectivity index (χ0v) is 25.0. The maximum absolute atomic E-state index is 14.3. The average molecular weight is 671 g/mol. The van der Waals surface area contributed by atoms with E-state index in [1.54, 1.807) is 6.08 Å². The lowest BCUT2D eigenvalue weighted by molar-refractivity contribution is -0.134. The predicted octanol–water partition coefficient (Wildman–Crippen LogP) is 5.54. The molecule has 2 atom stereocenters. The van der Waals surface area contributed by atoms with Gasteiger partial charge in [-0.25, -0.2) is 31.3 Å². The molecule has 238 valence electrons. The number of aryl methyl sites for hydroxylation is 1. The molecular formula is C28H24F6N6O3S2. The Morgan fingerprint density at radius 1 is 1.16 bits per heavy atom. The number of carbonyl (C=O) groups is 1. The lowest BCUT2D eigenvalue weighted by Crippen LogP contribution is -2.51. The van der Waals surface area contributed by atoms with Crippen LogP contribution in [-0.2, 0) is 29.7 Å². The zero-order chi connectivity index (χ0) is 32.3. The summed E-state index contributed by atoms with van der Waals surface area (Å²) in [5.41, 5.74) is 0.473. The standard InChI is InChI=1S/C28H24F6N6O3S2/c1-38-14-21(12-36-38)45(42,43)39(15-24(30)31)20-5-2-17-8-22-16(11-37-40(22)19-6-3-18(29)4-7-19)9-27(17,10-20)25(41)26-35-13-23(44-26)28(32,33)34/h3-4,6-8,11-14,20,24H,2,5,9-10,15H2,1H3/t20-,27-/m0/s1. The summed E-state index contributed by atoms with van der Waals surface area (Å²) in [5.74, 6) is -1.23. The van der Waals surface area contributed by atoms with Crippen molar-refractivity contribution in [2.24, 2.45) is 12.5 Å². The molecule has 0 spiro atoms. The van der Waals surface area contributed by atoms with Crippen molar-refractivity contribution in [1.82, 2.24) is 28.9 Å². The van der Waals surface area contributed by atoms with Gasteiger partial charge in [0, 0.05) is 19.3 Å². The summed E-state index contributed by atoms with van der Waals surface area (Å²) in [6.07, 6.45) is -2.14. The molecule has 0 N–H and O–H groups in total. The second-order valence-corrected chi connectivity index (χ2v) is 13.9. The van der Waals surface area contributed by atoms with Crippen molar-refractivity contribution in [2.45, 2.75) is 49.2 Å². The van der Waals surface area contributed by atoms with Crippen molar-refractivity contribution < 1.29 is 39.6 Å². The topological polar surface area (TPSA) is 103 Å². The molecule has 3 heterocycles. The van der Waals surface area contributed by atoms with Crippen molar-refractivity contribution in [2.75, 3.05) is 6.54 Å². The molecule has 17 heteroatoms. The number of allylic oxidation sites excluding steroid dienone is 1. The molecule has 1 fully saturated rings. The first kappa shape index (κ1) is 31.2. The third kappa shape index (κ3) is 5.61. The van der Waals surface area contributed by atoms with Crippen LogP contribution >= 0.6 is 11.3 Å². The molecule has 0 saturated heterocycles. The van der Waals surface area contributed by atoms with Gasteiger partial charge in [-0.1, -0.05) is 5.57 Å². The van der Waals surface area contributed by atoms with Gasteiger partial charge in [0.2, 0.25) is 15.8 Å². The van der Waals surface area contributed by atoms with Gasteiger partial charge in [0.1, 0.15) is 15.6 Å². The summed E-state index contributed by atoms with van der Waals surface area (Å²) >= 11 is 0.170. The highest BCUT2D eigenvalue weighted by Gasteiger charge is 2.53. The quantitative estimate of drug-likeness (QED) is 0.180. The van der Waals surface area contributed by atoms with E-state index in [0.717, 1.165) is 6.20 Å². The summed E-state index contributed by atoms with van der Waals surface area (Å²) in [4.78, 5) is 16.7. The number of hydrogen-bond donors (Lipinski definition) is 0. The molecule has 1 saturated carbocycles. The third-order valence-corrected chi connectivity index (χ3v) is 11.0. The van der Waals surface area contributed by atoms with Gasteiger partial charge in [0.15, 0.2) is 5.01 Å². The SMILES string of the molecule is Cn1cc(S(=O)(=O)N(CC(F)F)[C@H]2CCC3=Cc4c(cnn4-c4ccc(F)cc4)C[C@]3(C(=O)c3ncc(C(F)(F)F)s3)C2)cn1. The van der Waals surface area contributed by atoms with E-state index in [0.29, 0.717) is 33.0 Å². The van der Waals surface area contributed by atoms with E-state index in [-0.39, 0.29) is 41.9 Å². The molecule has 2 aliphatic rings. The maximum Gasteiger partial charge on any atom is 0.427 e. The molecule has 2 aliphatic carbocycles. The number of benzene rings is 1. The molecule has 9 nitrogen and oxygen atoms in total. The van der Waals surface area contributed by atoms with Crippen LogP contribution in [0.2, 0.25) is 0 Å². The molecule has 0 radical (unpaired) electrons. The number of halogens is 6. The fourth-order valence-corrected chi connectivity index (χ4v) is 8.52. The molecule has 45 heavy (non-hydrogen) atoms.